The second-order valence-corrected chi connectivity index (χ2v) is 6.01. The maximum absolute atomic E-state index is 9.68. The maximum Gasteiger partial charge on any atom is 0.0897 e. The van der Waals surface area contributed by atoms with Crippen molar-refractivity contribution in [2.45, 2.75) is 59.5 Å². The third-order valence-corrected chi connectivity index (χ3v) is 2.90. The summed E-state index contributed by atoms with van der Waals surface area (Å²) in [5.74, 6) is 1.50. The van der Waals surface area contributed by atoms with Gasteiger partial charge in [0.15, 0.2) is 0 Å². The van der Waals surface area contributed by atoms with Gasteiger partial charge in [0.05, 0.1) is 12.7 Å². The van der Waals surface area contributed by atoms with E-state index in [1.165, 1.54) is 19.3 Å². The highest BCUT2D eigenvalue weighted by Gasteiger charge is 2.03. The van der Waals surface area contributed by atoms with Crippen LogP contribution in [-0.2, 0) is 4.74 Å². The van der Waals surface area contributed by atoms with E-state index in [0.717, 1.165) is 31.4 Å². The molecule has 3 heteroatoms. The molecule has 0 fully saturated rings. The zero-order chi connectivity index (χ0) is 13.8. The molecule has 110 valence electrons. The summed E-state index contributed by atoms with van der Waals surface area (Å²) in [4.78, 5) is 0. The summed E-state index contributed by atoms with van der Waals surface area (Å²) in [6.45, 7) is 11.8. The van der Waals surface area contributed by atoms with Crippen LogP contribution in [0.5, 0.6) is 0 Å². The van der Waals surface area contributed by atoms with Crippen LogP contribution in [0.3, 0.4) is 0 Å². The highest BCUT2D eigenvalue weighted by atomic mass is 16.5. The Bertz CT molecular complexity index is 154. The lowest BCUT2D eigenvalue weighted by Crippen LogP contribution is -2.31. The maximum atomic E-state index is 9.68. The predicted molar refractivity (Wildman–Crippen MR) is 77.8 cm³/mol. The van der Waals surface area contributed by atoms with Gasteiger partial charge in [0, 0.05) is 13.2 Å². The summed E-state index contributed by atoms with van der Waals surface area (Å²) in [6, 6.07) is 0. The molecule has 0 radical (unpaired) electrons. The molecule has 1 atom stereocenters. The molecule has 0 saturated carbocycles. The molecule has 0 aromatic heterocycles. The molecular weight excluding hydrogens is 226 g/mol. The number of aliphatic hydroxyl groups excluding tert-OH is 1. The first-order valence-corrected chi connectivity index (χ1v) is 7.49. The molecule has 0 rings (SSSR count). The van der Waals surface area contributed by atoms with Crippen molar-refractivity contribution in [2.75, 3.05) is 26.3 Å². The summed E-state index contributed by atoms with van der Waals surface area (Å²) in [5.41, 5.74) is 0. The zero-order valence-corrected chi connectivity index (χ0v) is 12.7. The van der Waals surface area contributed by atoms with Crippen molar-refractivity contribution in [3.05, 3.63) is 0 Å². The van der Waals surface area contributed by atoms with Crippen molar-refractivity contribution in [3.8, 4) is 0 Å². The molecule has 1 unspecified atom stereocenters. The Kier molecular flexibility index (Phi) is 11.9. The lowest BCUT2D eigenvalue weighted by molar-refractivity contribution is 0.0348. The van der Waals surface area contributed by atoms with Crippen molar-refractivity contribution in [3.63, 3.8) is 0 Å². The Morgan fingerprint density at radius 2 is 1.61 bits per heavy atom. The quantitative estimate of drug-likeness (QED) is 0.530. The van der Waals surface area contributed by atoms with Crippen molar-refractivity contribution >= 4 is 0 Å². The molecule has 0 aliphatic heterocycles. The number of aliphatic hydroxyl groups is 1. The summed E-state index contributed by atoms with van der Waals surface area (Å²) in [6.07, 6.45) is 4.34. The topological polar surface area (TPSA) is 41.5 Å². The molecule has 0 aliphatic rings. The minimum absolute atomic E-state index is 0.372. The molecular formula is C15H33NO2. The summed E-state index contributed by atoms with van der Waals surface area (Å²) < 4.78 is 5.45. The van der Waals surface area contributed by atoms with Crippen LogP contribution in [-0.4, -0.2) is 37.5 Å². The average Bonchev–Trinajstić information content (AvgIpc) is 2.27. The molecule has 0 heterocycles. The second kappa shape index (κ2) is 11.9. The molecule has 0 aliphatic carbocycles. The number of rotatable bonds is 12. The molecule has 0 aromatic carbocycles. The van der Waals surface area contributed by atoms with Crippen LogP contribution >= 0.6 is 0 Å². The average molecular weight is 259 g/mol. The summed E-state index contributed by atoms with van der Waals surface area (Å²) >= 11 is 0. The number of hydrogen-bond donors (Lipinski definition) is 2. The number of hydrogen-bond acceptors (Lipinski definition) is 3. The lowest BCUT2D eigenvalue weighted by atomic mass is 10.1. The van der Waals surface area contributed by atoms with Gasteiger partial charge in [0.25, 0.3) is 0 Å². The first-order valence-electron chi connectivity index (χ1n) is 7.49. The molecule has 0 aromatic rings. The van der Waals surface area contributed by atoms with Crippen LogP contribution in [0, 0.1) is 11.8 Å². The van der Waals surface area contributed by atoms with Gasteiger partial charge in [0.1, 0.15) is 0 Å². The zero-order valence-electron chi connectivity index (χ0n) is 12.7. The summed E-state index contributed by atoms with van der Waals surface area (Å²) in [5, 5.41) is 12.9. The van der Waals surface area contributed by atoms with Gasteiger partial charge >= 0.3 is 0 Å². The normalized spacial score (nSPS) is 13.5. The minimum Gasteiger partial charge on any atom is -0.389 e. The van der Waals surface area contributed by atoms with E-state index in [4.69, 9.17) is 4.74 Å². The fourth-order valence-corrected chi connectivity index (χ4v) is 1.78. The number of ether oxygens (including phenoxy) is 1. The first kappa shape index (κ1) is 17.9. The van der Waals surface area contributed by atoms with E-state index in [1.54, 1.807) is 0 Å². The molecule has 0 spiro atoms. The molecule has 18 heavy (non-hydrogen) atoms. The standard InChI is InChI=1S/C15H33NO2/c1-13(2)7-5-9-16-11-15(17)12-18-10-6-8-14(3)4/h13-17H,5-12H2,1-4H3. The van der Waals surface area contributed by atoms with E-state index in [1.807, 2.05) is 0 Å². The third-order valence-electron chi connectivity index (χ3n) is 2.90. The van der Waals surface area contributed by atoms with Crippen molar-refractivity contribution in [2.24, 2.45) is 11.8 Å². The minimum atomic E-state index is -0.372. The Labute approximate surface area is 113 Å². The van der Waals surface area contributed by atoms with E-state index >= 15 is 0 Å². The largest absolute Gasteiger partial charge is 0.389 e. The molecule has 3 nitrogen and oxygen atoms in total. The van der Waals surface area contributed by atoms with Gasteiger partial charge in [-0.1, -0.05) is 27.7 Å². The van der Waals surface area contributed by atoms with Crippen LogP contribution in [0.15, 0.2) is 0 Å². The Hall–Kier alpha value is -0.120. The molecule has 2 N–H and O–H groups in total. The van der Waals surface area contributed by atoms with E-state index < -0.39 is 0 Å². The van der Waals surface area contributed by atoms with Gasteiger partial charge in [-0.2, -0.15) is 0 Å². The van der Waals surface area contributed by atoms with Gasteiger partial charge < -0.3 is 15.2 Å². The Morgan fingerprint density at radius 1 is 1.00 bits per heavy atom. The van der Waals surface area contributed by atoms with Gasteiger partial charge in [-0.15, -0.1) is 0 Å². The third kappa shape index (κ3) is 13.9. The predicted octanol–water partition coefficient (Wildman–Crippen LogP) is 2.83. The molecule has 0 bridgehead atoms. The summed E-state index contributed by atoms with van der Waals surface area (Å²) in [7, 11) is 0. The van der Waals surface area contributed by atoms with Crippen molar-refractivity contribution < 1.29 is 9.84 Å². The highest BCUT2D eigenvalue weighted by Crippen LogP contribution is 2.03. The van der Waals surface area contributed by atoms with Crippen molar-refractivity contribution in [1.82, 2.24) is 5.32 Å². The monoisotopic (exact) mass is 259 g/mol. The lowest BCUT2D eigenvalue weighted by Gasteiger charge is -2.13. The van der Waals surface area contributed by atoms with Crippen LogP contribution in [0.25, 0.3) is 0 Å². The van der Waals surface area contributed by atoms with Crippen LogP contribution in [0.1, 0.15) is 53.4 Å². The molecule has 0 amide bonds. The first-order chi connectivity index (χ1) is 8.52. The van der Waals surface area contributed by atoms with Crippen LogP contribution in [0.2, 0.25) is 0 Å². The fraction of sp³-hybridized carbons (Fsp3) is 1.00. The van der Waals surface area contributed by atoms with Crippen LogP contribution < -0.4 is 5.32 Å². The van der Waals surface area contributed by atoms with Gasteiger partial charge in [-0.3, -0.25) is 0 Å². The smallest absolute Gasteiger partial charge is 0.0897 e. The Morgan fingerprint density at radius 3 is 2.22 bits per heavy atom. The second-order valence-electron chi connectivity index (χ2n) is 6.01. The van der Waals surface area contributed by atoms with E-state index in [0.29, 0.717) is 13.2 Å². The van der Waals surface area contributed by atoms with Crippen LogP contribution in [0.4, 0.5) is 0 Å². The SMILES string of the molecule is CC(C)CCCNCC(O)COCCCC(C)C. The van der Waals surface area contributed by atoms with Gasteiger partial charge in [-0.05, 0) is 44.1 Å². The highest BCUT2D eigenvalue weighted by molar-refractivity contribution is 4.59. The van der Waals surface area contributed by atoms with Crippen molar-refractivity contribution in [1.29, 1.82) is 0 Å². The number of nitrogens with one attached hydrogen (secondary N) is 1. The van der Waals surface area contributed by atoms with Gasteiger partial charge in [-0.25, -0.2) is 0 Å². The Balaban J connectivity index is 3.19. The molecule has 0 saturated heterocycles. The van der Waals surface area contributed by atoms with Gasteiger partial charge in [0.2, 0.25) is 0 Å². The van der Waals surface area contributed by atoms with E-state index in [9.17, 15) is 5.11 Å². The fourth-order valence-electron chi connectivity index (χ4n) is 1.78. The van der Waals surface area contributed by atoms with E-state index in [2.05, 4.69) is 33.0 Å². The van der Waals surface area contributed by atoms with E-state index in [-0.39, 0.29) is 6.10 Å².